The highest BCUT2D eigenvalue weighted by Gasteiger charge is 2.16. The molecule has 1 atom stereocenters. The summed E-state index contributed by atoms with van der Waals surface area (Å²) >= 11 is 16.7. The molecule has 0 aromatic carbocycles. The van der Waals surface area contributed by atoms with Crippen LogP contribution < -0.4 is 0 Å². The van der Waals surface area contributed by atoms with Gasteiger partial charge in [-0.3, -0.25) is 0 Å². The lowest BCUT2D eigenvalue weighted by Crippen LogP contribution is -2.20. The van der Waals surface area contributed by atoms with Crippen molar-refractivity contribution in [1.82, 2.24) is 0 Å². The fraction of sp³-hybridized carbons (Fsp3) is 0.778. The van der Waals surface area contributed by atoms with Crippen molar-refractivity contribution in [3.05, 3.63) is 10.6 Å². The van der Waals surface area contributed by atoms with E-state index < -0.39 is 5.56 Å². The Hall–Kier alpha value is 0.570. The molecule has 0 radical (unpaired) electrons. The largest absolute Gasteiger partial charge is 0.356 e. The molecule has 0 N–H and O–H groups in total. The average molecular weight is 244 g/mol. The number of hydrogen-bond acceptors (Lipinski definition) is 1. The Labute approximate surface area is 94.0 Å². The first-order valence-corrected chi connectivity index (χ1v) is 5.70. The second kappa shape index (κ2) is 6.13. The molecule has 0 aromatic rings. The van der Waals surface area contributed by atoms with Gasteiger partial charge in [0, 0.05) is 0 Å². The molecule has 1 fully saturated rings. The van der Waals surface area contributed by atoms with Crippen molar-refractivity contribution in [3.8, 4) is 0 Å². The third-order valence-electron chi connectivity index (χ3n) is 2.13. The van der Waals surface area contributed by atoms with E-state index in [1.807, 2.05) is 0 Å². The molecule has 0 bridgehead atoms. The number of halogens is 3. The van der Waals surface area contributed by atoms with Gasteiger partial charge in [0.25, 0.3) is 0 Å². The van der Waals surface area contributed by atoms with E-state index in [9.17, 15) is 0 Å². The first kappa shape index (κ1) is 11.6. The van der Waals surface area contributed by atoms with Gasteiger partial charge >= 0.3 is 0 Å². The van der Waals surface area contributed by atoms with Crippen molar-refractivity contribution in [2.45, 2.75) is 43.8 Å². The zero-order chi connectivity index (χ0) is 9.68. The van der Waals surface area contributed by atoms with Gasteiger partial charge in [-0.25, -0.2) is 0 Å². The van der Waals surface area contributed by atoms with Crippen LogP contribution in [0.1, 0.15) is 32.1 Å². The summed E-state index contributed by atoms with van der Waals surface area (Å²) < 4.78 is 5.69. The highest BCUT2D eigenvalue weighted by molar-refractivity contribution is 6.56. The van der Waals surface area contributed by atoms with Gasteiger partial charge in [0.15, 0.2) is 5.56 Å². The van der Waals surface area contributed by atoms with Crippen LogP contribution in [0.25, 0.3) is 0 Å². The number of hydrogen-bond donors (Lipinski definition) is 0. The van der Waals surface area contributed by atoms with E-state index in [1.165, 1.54) is 25.3 Å². The molecule has 0 spiro atoms. The van der Waals surface area contributed by atoms with Gasteiger partial charge in [-0.2, -0.15) is 0 Å². The molecule has 1 aliphatic carbocycles. The fourth-order valence-corrected chi connectivity index (χ4v) is 2.15. The molecule has 1 aliphatic rings. The van der Waals surface area contributed by atoms with Crippen molar-refractivity contribution < 1.29 is 4.74 Å². The summed E-state index contributed by atoms with van der Waals surface area (Å²) in [6.07, 6.45) is 7.73. The minimum atomic E-state index is -0.493. The highest BCUT2D eigenvalue weighted by Crippen LogP contribution is 2.23. The van der Waals surface area contributed by atoms with Gasteiger partial charge in [-0.15, -0.1) is 0 Å². The van der Waals surface area contributed by atoms with Crippen LogP contribution in [0.4, 0.5) is 0 Å². The first-order chi connectivity index (χ1) is 6.18. The molecule has 1 rings (SSSR count). The van der Waals surface area contributed by atoms with Crippen LogP contribution >= 0.6 is 34.8 Å². The zero-order valence-corrected chi connectivity index (χ0v) is 9.58. The quantitative estimate of drug-likeness (QED) is 0.675. The lowest BCUT2D eigenvalue weighted by atomic mass is 9.98. The minimum Gasteiger partial charge on any atom is -0.356 e. The summed E-state index contributed by atoms with van der Waals surface area (Å²) in [5, 5.41) is 0. The van der Waals surface area contributed by atoms with Crippen LogP contribution in [0.5, 0.6) is 0 Å². The summed E-state index contributed by atoms with van der Waals surface area (Å²) in [7, 11) is 0. The standard InChI is InChI=1S/C9H13Cl3O/c10-8(11)6-9(12)13-7-4-2-1-3-5-7/h6-7,9H,1-5H2. The second-order valence-electron chi connectivity index (χ2n) is 3.20. The lowest BCUT2D eigenvalue weighted by molar-refractivity contribution is 0.0277. The first-order valence-electron chi connectivity index (χ1n) is 4.51. The monoisotopic (exact) mass is 242 g/mol. The molecule has 13 heavy (non-hydrogen) atoms. The lowest BCUT2D eigenvalue weighted by Gasteiger charge is -2.23. The molecular formula is C9H13Cl3O. The minimum absolute atomic E-state index is 0.163. The predicted molar refractivity (Wildman–Crippen MR) is 57.4 cm³/mol. The van der Waals surface area contributed by atoms with Gasteiger partial charge in [-0.05, 0) is 18.9 Å². The van der Waals surface area contributed by atoms with E-state index in [0.717, 1.165) is 12.8 Å². The summed E-state index contributed by atoms with van der Waals surface area (Å²) in [4.78, 5) is 0. The number of ether oxygens (including phenoxy) is 1. The molecule has 0 aromatic heterocycles. The molecular weight excluding hydrogens is 230 g/mol. The summed E-state index contributed by atoms with van der Waals surface area (Å²) in [5.74, 6) is 0. The molecule has 0 saturated heterocycles. The van der Waals surface area contributed by atoms with Crippen LogP contribution in [0.3, 0.4) is 0 Å². The maximum atomic E-state index is 5.84. The Morgan fingerprint density at radius 1 is 1.23 bits per heavy atom. The van der Waals surface area contributed by atoms with Crippen molar-refractivity contribution in [2.24, 2.45) is 0 Å². The molecule has 0 amide bonds. The van der Waals surface area contributed by atoms with Crippen molar-refractivity contribution in [3.63, 3.8) is 0 Å². The van der Waals surface area contributed by atoms with Gasteiger partial charge in [0.2, 0.25) is 0 Å². The topological polar surface area (TPSA) is 9.23 Å². The van der Waals surface area contributed by atoms with Crippen LogP contribution in [-0.2, 0) is 4.74 Å². The number of alkyl halides is 1. The Balaban J connectivity index is 2.26. The molecule has 1 unspecified atom stereocenters. The summed E-state index contributed by atoms with van der Waals surface area (Å²) in [6, 6.07) is 0. The average Bonchev–Trinajstić information content (AvgIpc) is 2.04. The fourth-order valence-electron chi connectivity index (χ4n) is 1.52. The van der Waals surface area contributed by atoms with Gasteiger partial charge in [-0.1, -0.05) is 54.1 Å². The SMILES string of the molecule is ClC(Cl)=CC(Cl)OC1CCCCC1. The maximum Gasteiger partial charge on any atom is 0.152 e. The van der Waals surface area contributed by atoms with Crippen LogP contribution in [-0.4, -0.2) is 11.7 Å². The van der Waals surface area contributed by atoms with E-state index in [2.05, 4.69) is 0 Å². The predicted octanol–water partition coefficient (Wildman–Crippen LogP) is 4.22. The molecule has 0 heterocycles. The van der Waals surface area contributed by atoms with E-state index in [4.69, 9.17) is 39.5 Å². The summed E-state index contributed by atoms with van der Waals surface area (Å²) in [5.41, 5.74) is -0.493. The van der Waals surface area contributed by atoms with Crippen LogP contribution in [0.2, 0.25) is 0 Å². The van der Waals surface area contributed by atoms with E-state index in [-0.39, 0.29) is 10.6 Å². The molecule has 1 nitrogen and oxygen atoms in total. The van der Waals surface area contributed by atoms with Gasteiger partial charge < -0.3 is 4.74 Å². The molecule has 4 heteroatoms. The smallest absolute Gasteiger partial charge is 0.152 e. The van der Waals surface area contributed by atoms with Crippen LogP contribution in [0.15, 0.2) is 10.6 Å². The van der Waals surface area contributed by atoms with Crippen molar-refractivity contribution >= 4 is 34.8 Å². The third-order valence-corrected chi connectivity index (χ3v) is 2.61. The molecule has 1 saturated carbocycles. The van der Waals surface area contributed by atoms with E-state index in [0.29, 0.717) is 0 Å². The van der Waals surface area contributed by atoms with Gasteiger partial charge in [0.05, 0.1) is 6.10 Å². The Morgan fingerprint density at radius 3 is 2.38 bits per heavy atom. The normalized spacial score (nSPS) is 21.2. The Kier molecular flexibility index (Phi) is 5.49. The highest BCUT2D eigenvalue weighted by atomic mass is 35.5. The van der Waals surface area contributed by atoms with Crippen molar-refractivity contribution in [2.75, 3.05) is 0 Å². The van der Waals surface area contributed by atoms with E-state index in [1.54, 1.807) is 0 Å². The number of rotatable bonds is 3. The van der Waals surface area contributed by atoms with Crippen molar-refractivity contribution in [1.29, 1.82) is 0 Å². The summed E-state index contributed by atoms with van der Waals surface area (Å²) in [6.45, 7) is 0. The molecule has 0 aliphatic heterocycles. The zero-order valence-electron chi connectivity index (χ0n) is 7.31. The maximum absolute atomic E-state index is 5.84. The Bertz CT molecular complexity index is 172. The second-order valence-corrected chi connectivity index (χ2v) is 4.64. The Morgan fingerprint density at radius 2 is 1.85 bits per heavy atom. The van der Waals surface area contributed by atoms with Crippen LogP contribution in [0, 0.1) is 0 Å². The van der Waals surface area contributed by atoms with Gasteiger partial charge in [0.1, 0.15) is 4.49 Å². The molecule has 76 valence electrons. The van der Waals surface area contributed by atoms with E-state index >= 15 is 0 Å². The third kappa shape index (κ3) is 5.11.